The van der Waals surface area contributed by atoms with Crippen molar-refractivity contribution in [2.24, 2.45) is 0 Å². The first-order valence-corrected chi connectivity index (χ1v) is 7.37. The van der Waals surface area contributed by atoms with Gasteiger partial charge in [0, 0.05) is 37.6 Å². The van der Waals surface area contributed by atoms with Crippen LogP contribution in [-0.2, 0) is 4.74 Å². The van der Waals surface area contributed by atoms with Crippen LogP contribution in [0.5, 0.6) is 0 Å². The third kappa shape index (κ3) is 3.88. The number of nitrogen functional groups attached to an aromatic ring is 1. The Bertz CT molecular complexity index is 529. The first-order chi connectivity index (χ1) is 9.78. The van der Waals surface area contributed by atoms with Gasteiger partial charge in [0.2, 0.25) is 0 Å². The van der Waals surface area contributed by atoms with Crippen LogP contribution in [0.1, 0.15) is 36.7 Å². The van der Waals surface area contributed by atoms with Crippen LogP contribution in [0, 0.1) is 6.92 Å². The molecule has 0 aliphatic carbocycles. The first-order valence-electron chi connectivity index (χ1n) is 7.37. The van der Waals surface area contributed by atoms with E-state index in [1.807, 2.05) is 33.8 Å². The molecule has 1 aliphatic rings. The minimum Gasteiger partial charge on any atom is -0.456 e. The Balaban J connectivity index is 2.34. The van der Waals surface area contributed by atoms with Crippen LogP contribution in [0.25, 0.3) is 0 Å². The Hall–Kier alpha value is -1.75. The van der Waals surface area contributed by atoms with Gasteiger partial charge in [-0.15, -0.1) is 0 Å². The van der Waals surface area contributed by atoms with E-state index in [0.717, 1.165) is 37.4 Å². The second-order valence-corrected chi connectivity index (χ2v) is 6.45. The van der Waals surface area contributed by atoms with Gasteiger partial charge in [-0.1, -0.05) is 0 Å². The molecule has 0 atom stereocenters. The Morgan fingerprint density at radius 3 is 2.48 bits per heavy atom. The Labute approximate surface area is 126 Å². The first kappa shape index (κ1) is 15.6. The molecule has 0 bridgehead atoms. The molecule has 1 saturated heterocycles. The van der Waals surface area contributed by atoms with Crippen molar-refractivity contribution in [1.82, 2.24) is 5.32 Å². The highest BCUT2D eigenvalue weighted by Gasteiger charge is 2.23. The molecule has 1 fully saturated rings. The number of hydrogen-bond donors (Lipinski definition) is 2. The van der Waals surface area contributed by atoms with Gasteiger partial charge in [0.15, 0.2) is 0 Å². The smallest absolute Gasteiger partial charge is 0.339 e. The van der Waals surface area contributed by atoms with Crippen LogP contribution in [0.15, 0.2) is 12.1 Å². The largest absolute Gasteiger partial charge is 0.456 e. The van der Waals surface area contributed by atoms with Gasteiger partial charge in [0.1, 0.15) is 5.60 Å². The van der Waals surface area contributed by atoms with Crippen LogP contribution in [0.2, 0.25) is 0 Å². The van der Waals surface area contributed by atoms with Crippen molar-refractivity contribution in [2.45, 2.75) is 33.3 Å². The van der Waals surface area contributed by atoms with Gasteiger partial charge in [-0.05, 0) is 45.4 Å². The second-order valence-electron chi connectivity index (χ2n) is 6.45. The minimum atomic E-state index is -0.511. The number of esters is 1. The molecule has 5 heteroatoms. The monoisotopic (exact) mass is 291 g/mol. The minimum absolute atomic E-state index is 0.316. The normalized spacial score (nSPS) is 15.9. The molecule has 0 aromatic heterocycles. The van der Waals surface area contributed by atoms with E-state index in [2.05, 4.69) is 10.2 Å². The molecule has 21 heavy (non-hydrogen) atoms. The lowest BCUT2D eigenvalue weighted by Crippen LogP contribution is -2.44. The summed E-state index contributed by atoms with van der Waals surface area (Å²) in [5.41, 5.74) is 8.58. The standard InChI is InChI=1S/C16H25N3O2/c1-11-13(15(20)21-16(2,3)4)9-12(17)10-14(11)19-7-5-18-6-8-19/h9-10,18H,5-8,17H2,1-4H3. The predicted molar refractivity (Wildman–Crippen MR) is 85.8 cm³/mol. The van der Waals surface area contributed by atoms with Gasteiger partial charge in [-0.25, -0.2) is 4.79 Å². The summed E-state index contributed by atoms with van der Waals surface area (Å²) in [5.74, 6) is -0.316. The number of nitrogens with zero attached hydrogens (tertiary/aromatic N) is 1. The summed E-state index contributed by atoms with van der Waals surface area (Å²) in [6.45, 7) is 11.3. The molecule has 0 spiro atoms. The molecule has 1 heterocycles. The maximum absolute atomic E-state index is 12.4. The van der Waals surface area contributed by atoms with Crippen LogP contribution >= 0.6 is 0 Å². The fourth-order valence-corrected chi connectivity index (χ4v) is 2.50. The van der Waals surface area contributed by atoms with Crippen molar-refractivity contribution in [3.63, 3.8) is 0 Å². The second kappa shape index (κ2) is 5.93. The number of benzene rings is 1. The molecule has 0 saturated carbocycles. The van der Waals surface area contributed by atoms with Crippen molar-refractivity contribution in [2.75, 3.05) is 36.8 Å². The molecular formula is C16H25N3O2. The lowest BCUT2D eigenvalue weighted by Gasteiger charge is -2.31. The summed E-state index contributed by atoms with van der Waals surface area (Å²) >= 11 is 0. The lowest BCUT2D eigenvalue weighted by atomic mass is 10.0. The third-order valence-electron chi connectivity index (χ3n) is 3.48. The number of carbonyl (C=O) groups excluding carboxylic acids is 1. The Kier molecular flexibility index (Phi) is 4.42. The van der Waals surface area contributed by atoms with Crippen molar-refractivity contribution < 1.29 is 9.53 Å². The molecule has 1 aromatic rings. The third-order valence-corrected chi connectivity index (χ3v) is 3.48. The number of rotatable bonds is 2. The molecule has 2 rings (SSSR count). The fraction of sp³-hybridized carbons (Fsp3) is 0.562. The summed E-state index contributed by atoms with van der Waals surface area (Å²) in [6, 6.07) is 3.64. The van der Waals surface area contributed by atoms with Gasteiger partial charge in [0.05, 0.1) is 5.56 Å². The highest BCUT2D eigenvalue weighted by molar-refractivity contribution is 5.94. The summed E-state index contributed by atoms with van der Waals surface area (Å²) in [5, 5.41) is 3.32. The van der Waals surface area contributed by atoms with E-state index in [-0.39, 0.29) is 5.97 Å². The average Bonchev–Trinajstić information content (AvgIpc) is 2.40. The summed E-state index contributed by atoms with van der Waals surface area (Å²) in [7, 11) is 0. The summed E-state index contributed by atoms with van der Waals surface area (Å²) in [6.07, 6.45) is 0. The zero-order valence-corrected chi connectivity index (χ0v) is 13.3. The van der Waals surface area contributed by atoms with Crippen LogP contribution in [0.3, 0.4) is 0 Å². The summed E-state index contributed by atoms with van der Waals surface area (Å²) in [4.78, 5) is 14.6. The molecule has 0 unspecified atom stereocenters. The Morgan fingerprint density at radius 2 is 1.90 bits per heavy atom. The SMILES string of the molecule is Cc1c(C(=O)OC(C)(C)C)cc(N)cc1N1CCNCC1. The highest BCUT2D eigenvalue weighted by atomic mass is 16.6. The number of hydrogen-bond acceptors (Lipinski definition) is 5. The summed E-state index contributed by atoms with van der Waals surface area (Å²) < 4.78 is 5.48. The van der Waals surface area contributed by atoms with Crippen molar-refractivity contribution in [3.05, 3.63) is 23.3 Å². The van der Waals surface area contributed by atoms with E-state index in [9.17, 15) is 4.79 Å². The maximum atomic E-state index is 12.4. The van der Waals surface area contributed by atoms with Gasteiger partial charge in [0.25, 0.3) is 0 Å². The molecule has 1 aromatic carbocycles. The molecule has 116 valence electrons. The quantitative estimate of drug-likeness (QED) is 0.644. The molecule has 1 aliphatic heterocycles. The van der Waals surface area contributed by atoms with Crippen molar-refractivity contribution in [1.29, 1.82) is 0 Å². The number of nitrogens with one attached hydrogen (secondary N) is 1. The van der Waals surface area contributed by atoms with Gasteiger partial charge >= 0.3 is 5.97 Å². The lowest BCUT2D eigenvalue weighted by molar-refractivity contribution is 0.00688. The number of carbonyl (C=O) groups is 1. The van der Waals surface area contributed by atoms with E-state index in [1.165, 1.54) is 0 Å². The number of piperazine rings is 1. The van der Waals surface area contributed by atoms with E-state index in [0.29, 0.717) is 11.3 Å². The van der Waals surface area contributed by atoms with Crippen molar-refractivity contribution in [3.8, 4) is 0 Å². The number of anilines is 2. The van der Waals surface area contributed by atoms with Crippen LogP contribution in [-0.4, -0.2) is 37.7 Å². The van der Waals surface area contributed by atoms with Crippen LogP contribution < -0.4 is 16.0 Å². The molecular weight excluding hydrogens is 266 g/mol. The topological polar surface area (TPSA) is 67.6 Å². The van der Waals surface area contributed by atoms with Gasteiger partial charge < -0.3 is 20.7 Å². The van der Waals surface area contributed by atoms with E-state index in [1.54, 1.807) is 6.07 Å². The highest BCUT2D eigenvalue weighted by Crippen LogP contribution is 2.28. The number of nitrogens with two attached hydrogens (primary N) is 1. The van der Waals surface area contributed by atoms with Crippen molar-refractivity contribution >= 4 is 17.3 Å². The van der Waals surface area contributed by atoms with E-state index < -0.39 is 5.60 Å². The zero-order chi connectivity index (χ0) is 15.6. The zero-order valence-electron chi connectivity index (χ0n) is 13.3. The van der Waals surface area contributed by atoms with Gasteiger partial charge in [-0.3, -0.25) is 0 Å². The number of ether oxygens (including phenoxy) is 1. The molecule has 5 nitrogen and oxygen atoms in total. The predicted octanol–water partition coefficient (Wildman–Crippen LogP) is 1.94. The maximum Gasteiger partial charge on any atom is 0.339 e. The van der Waals surface area contributed by atoms with E-state index >= 15 is 0 Å². The molecule has 3 N–H and O–H groups in total. The van der Waals surface area contributed by atoms with E-state index in [4.69, 9.17) is 10.5 Å². The van der Waals surface area contributed by atoms with Crippen LogP contribution in [0.4, 0.5) is 11.4 Å². The fourth-order valence-electron chi connectivity index (χ4n) is 2.50. The molecule has 0 radical (unpaired) electrons. The Morgan fingerprint density at radius 1 is 1.29 bits per heavy atom. The molecule has 0 amide bonds. The van der Waals surface area contributed by atoms with Gasteiger partial charge in [-0.2, -0.15) is 0 Å². The average molecular weight is 291 g/mol.